The zero-order valence-corrected chi connectivity index (χ0v) is 14.2. The number of nitrogens with one attached hydrogen (secondary N) is 1. The van der Waals surface area contributed by atoms with Crippen LogP contribution in [-0.4, -0.2) is 59.5 Å². The van der Waals surface area contributed by atoms with E-state index in [0.29, 0.717) is 5.69 Å². The molecule has 0 saturated carbocycles. The standard InChI is InChI=1S/C18H22N4O3/c1-14(13-21-9-11-25-12-10-21)19-18(24)16-7-8-17(23)22(20-16)15-5-3-2-4-6-15/h2-8,14H,9-13H2,1H3,(H,19,24)/t14-/m0/s1. The van der Waals surface area contributed by atoms with Gasteiger partial charge in [0.15, 0.2) is 0 Å². The number of hydrogen-bond acceptors (Lipinski definition) is 5. The highest BCUT2D eigenvalue weighted by atomic mass is 16.5. The molecule has 0 bridgehead atoms. The topological polar surface area (TPSA) is 76.5 Å². The number of aromatic nitrogens is 2. The number of nitrogens with zero attached hydrogens (tertiary/aromatic N) is 3. The van der Waals surface area contributed by atoms with Crippen LogP contribution in [0.2, 0.25) is 0 Å². The molecule has 0 unspecified atom stereocenters. The predicted molar refractivity (Wildman–Crippen MR) is 94.0 cm³/mol. The van der Waals surface area contributed by atoms with E-state index in [4.69, 9.17) is 4.74 Å². The molecule has 2 aromatic rings. The Morgan fingerprint density at radius 2 is 1.92 bits per heavy atom. The van der Waals surface area contributed by atoms with E-state index in [2.05, 4.69) is 15.3 Å². The van der Waals surface area contributed by atoms with Gasteiger partial charge in [-0.15, -0.1) is 0 Å². The molecule has 0 aliphatic carbocycles. The number of carbonyl (C=O) groups is 1. The average molecular weight is 342 g/mol. The predicted octanol–water partition coefficient (Wildman–Crippen LogP) is 0.683. The van der Waals surface area contributed by atoms with E-state index in [1.807, 2.05) is 25.1 Å². The van der Waals surface area contributed by atoms with Gasteiger partial charge in [0, 0.05) is 31.7 Å². The average Bonchev–Trinajstić information content (AvgIpc) is 2.63. The third kappa shape index (κ3) is 4.52. The summed E-state index contributed by atoms with van der Waals surface area (Å²) < 4.78 is 6.56. The van der Waals surface area contributed by atoms with Gasteiger partial charge >= 0.3 is 0 Å². The van der Waals surface area contributed by atoms with Gasteiger partial charge in [0.2, 0.25) is 0 Å². The minimum absolute atomic E-state index is 0.0236. The van der Waals surface area contributed by atoms with Crippen molar-refractivity contribution in [1.29, 1.82) is 0 Å². The smallest absolute Gasteiger partial charge is 0.271 e. The molecule has 1 atom stereocenters. The number of rotatable bonds is 5. The van der Waals surface area contributed by atoms with Gasteiger partial charge in [-0.1, -0.05) is 18.2 Å². The van der Waals surface area contributed by atoms with E-state index in [0.717, 1.165) is 32.8 Å². The van der Waals surface area contributed by atoms with Crippen LogP contribution in [0.5, 0.6) is 0 Å². The largest absolute Gasteiger partial charge is 0.379 e. The highest BCUT2D eigenvalue weighted by Crippen LogP contribution is 2.04. The molecule has 1 fully saturated rings. The Balaban J connectivity index is 1.68. The zero-order valence-electron chi connectivity index (χ0n) is 14.2. The third-order valence-corrected chi connectivity index (χ3v) is 4.05. The summed E-state index contributed by atoms with van der Waals surface area (Å²) in [7, 11) is 0. The molecule has 132 valence electrons. The highest BCUT2D eigenvalue weighted by Gasteiger charge is 2.17. The number of para-hydroxylation sites is 1. The Labute approximate surface area is 146 Å². The first-order valence-electron chi connectivity index (χ1n) is 8.40. The van der Waals surface area contributed by atoms with E-state index in [9.17, 15) is 9.59 Å². The van der Waals surface area contributed by atoms with Crippen LogP contribution in [0.3, 0.4) is 0 Å². The molecule has 1 aromatic carbocycles. The van der Waals surface area contributed by atoms with Crippen LogP contribution in [0.1, 0.15) is 17.4 Å². The first-order valence-corrected chi connectivity index (χ1v) is 8.40. The molecule has 1 aromatic heterocycles. The molecule has 7 nitrogen and oxygen atoms in total. The van der Waals surface area contributed by atoms with Crippen molar-refractivity contribution in [1.82, 2.24) is 20.0 Å². The van der Waals surface area contributed by atoms with Crippen molar-refractivity contribution in [3.63, 3.8) is 0 Å². The maximum absolute atomic E-state index is 12.5. The molecular weight excluding hydrogens is 320 g/mol. The van der Waals surface area contributed by atoms with Gasteiger partial charge in [-0.05, 0) is 25.1 Å². The summed E-state index contributed by atoms with van der Waals surface area (Å²) in [6.45, 7) is 5.91. The summed E-state index contributed by atoms with van der Waals surface area (Å²) in [6, 6.07) is 11.8. The highest BCUT2D eigenvalue weighted by molar-refractivity contribution is 5.92. The van der Waals surface area contributed by atoms with Crippen molar-refractivity contribution in [2.24, 2.45) is 0 Å². The SMILES string of the molecule is C[C@@H](CN1CCOCC1)NC(=O)c1ccc(=O)n(-c2ccccc2)n1. The van der Waals surface area contributed by atoms with E-state index < -0.39 is 0 Å². The first kappa shape index (κ1) is 17.3. The molecule has 1 aliphatic rings. The molecule has 2 heterocycles. The summed E-state index contributed by atoms with van der Waals surface area (Å²) in [5.41, 5.74) is 0.574. The summed E-state index contributed by atoms with van der Waals surface area (Å²) in [5.74, 6) is -0.287. The Bertz CT molecular complexity index is 769. The lowest BCUT2D eigenvalue weighted by molar-refractivity contribution is 0.0342. The number of morpholine rings is 1. The molecular formula is C18H22N4O3. The number of ether oxygens (including phenoxy) is 1. The van der Waals surface area contributed by atoms with Crippen molar-refractivity contribution in [3.05, 3.63) is 58.5 Å². The maximum Gasteiger partial charge on any atom is 0.271 e. The molecule has 1 amide bonds. The van der Waals surface area contributed by atoms with Crippen molar-refractivity contribution in [3.8, 4) is 5.69 Å². The van der Waals surface area contributed by atoms with Crippen LogP contribution in [0, 0.1) is 0 Å². The third-order valence-electron chi connectivity index (χ3n) is 4.05. The number of carbonyl (C=O) groups excluding carboxylic acids is 1. The molecule has 1 saturated heterocycles. The molecule has 7 heteroatoms. The van der Waals surface area contributed by atoms with Crippen LogP contribution < -0.4 is 10.9 Å². The first-order chi connectivity index (χ1) is 12.1. The lowest BCUT2D eigenvalue weighted by Crippen LogP contribution is -2.46. The lowest BCUT2D eigenvalue weighted by Gasteiger charge is -2.29. The minimum atomic E-state index is -0.287. The van der Waals surface area contributed by atoms with E-state index >= 15 is 0 Å². The molecule has 1 aliphatic heterocycles. The van der Waals surface area contributed by atoms with Gasteiger partial charge < -0.3 is 10.1 Å². The van der Waals surface area contributed by atoms with Gasteiger partial charge in [0.1, 0.15) is 5.69 Å². The summed E-state index contributed by atoms with van der Waals surface area (Å²) in [5, 5.41) is 7.14. The molecule has 0 spiro atoms. The van der Waals surface area contributed by atoms with Gasteiger partial charge in [0.25, 0.3) is 11.5 Å². The fourth-order valence-corrected chi connectivity index (χ4v) is 2.80. The Morgan fingerprint density at radius 1 is 1.20 bits per heavy atom. The van der Waals surface area contributed by atoms with Crippen molar-refractivity contribution >= 4 is 5.91 Å². The van der Waals surface area contributed by atoms with Crippen molar-refractivity contribution in [2.75, 3.05) is 32.8 Å². The molecule has 0 radical (unpaired) electrons. The number of hydrogen-bond donors (Lipinski definition) is 1. The van der Waals surface area contributed by atoms with E-state index in [1.54, 1.807) is 12.1 Å². The van der Waals surface area contributed by atoms with Gasteiger partial charge in [-0.2, -0.15) is 9.78 Å². The molecule has 25 heavy (non-hydrogen) atoms. The van der Waals surface area contributed by atoms with Crippen LogP contribution in [0.4, 0.5) is 0 Å². The van der Waals surface area contributed by atoms with Crippen molar-refractivity contribution in [2.45, 2.75) is 13.0 Å². The van der Waals surface area contributed by atoms with Crippen molar-refractivity contribution < 1.29 is 9.53 Å². The van der Waals surface area contributed by atoms with Gasteiger partial charge in [-0.25, -0.2) is 0 Å². The zero-order chi connectivity index (χ0) is 17.6. The second-order valence-corrected chi connectivity index (χ2v) is 6.09. The normalized spacial score (nSPS) is 16.4. The second-order valence-electron chi connectivity index (χ2n) is 6.09. The monoisotopic (exact) mass is 342 g/mol. The van der Waals surface area contributed by atoms with Gasteiger partial charge in [-0.3, -0.25) is 14.5 Å². The van der Waals surface area contributed by atoms with E-state index in [1.165, 1.54) is 16.8 Å². The van der Waals surface area contributed by atoms with E-state index in [-0.39, 0.29) is 23.2 Å². The lowest BCUT2D eigenvalue weighted by atomic mass is 10.2. The van der Waals surface area contributed by atoms with Crippen LogP contribution >= 0.6 is 0 Å². The summed E-state index contributed by atoms with van der Waals surface area (Å²) in [4.78, 5) is 26.7. The van der Waals surface area contributed by atoms with Crippen LogP contribution in [0.15, 0.2) is 47.3 Å². The number of benzene rings is 1. The minimum Gasteiger partial charge on any atom is -0.379 e. The van der Waals surface area contributed by atoms with Gasteiger partial charge in [0.05, 0.1) is 18.9 Å². The summed E-state index contributed by atoms with van der Waals surface area (Å²) >= 11 is 0. The van der Waals surface area contributed by atoms with Crippen LogP contribution in [-0.2, 0) is 4.74 Å². The quantitative estimate of drug-likeness (QED) is 0.865. The number of amides is 1. The second kappa shape index (κ2) is 8.04. The van der Waals surface area contributed by atoms with Crippen LogP contribution in [0.25, 0.3) is 5.69 Å². The Hall–Kier alpha value is -2.51. The Morgan fingerprint density at radius 3 is 2.64 bits per heavy atom. The molecule has 1 N–H and O–H groups in total. The fourth-order valence-electron chi connectivity index (χ4n) is 2.80. The molecule has 3 rings (SSSR count). The fraction of sp³-hybridized carbons (Fsp3) is 0.389. The summed E-state index contributed by atoms with van der Waals surface area (Å²) in [6.07, 6.45) is 0. The Kier molecular flexibility index (Phi) is 5.57. The maximum atomic E-state index is 12.5.